The summed E-state index contributed by atoms with van der Waals surface area (Å²) < 4.78 is 16.4. The Kier molecular flexibility index (Phi) is 8.53. The molecule has 0 radical (unpaired) electrons. The summed E-state index contributed by atoms with van der Waals surface area (Å²) in [5.74, 6) is -2.67. The van der Waals surface area contributed by atoms with Crippen LogP contribution in [-0.4, -0.2) is 72.0 Å². The van der Waals surface area contributed by atoms with E-state index in [-0.39, 0.29) is 34.3 Å². The molecule has 0 saturated carbocycles. The monoisotopic (exact) mass is 644 g/mol. The maximum absolute atomic E-state index is 15.2. The molecule has 234 valence electrons. The minimum absolute atomic E-state index is 0.0409. The Morgan fingerprint density at radius 2 is 1.85 bits per heavy atom. The molecule has 0 bridgehead atoms. The second-order valence-corrected chi connectivity index (χ2v) is 11.0. The van der Waals surface area contributed by atoms with Crippen molar-refractivity contribution >= 4 is 52.9 Å². The molecule has 46 heavy (non-hydrogen) atoms. The number of aromatic nitrogens is 5. The lowest BCUT2D eigenvalue weighted by atomic mass is 9.91. The van der Waals surface area contributed by atoms with Gasteiger partial charge in [-0.1, -0.05) is 11.6 Å². The second-order valence-electron chi connectivity index (χ2n) is 10.6. The molecule has 2 aliphatic heterocycles. The molecule has 0 aliphatic carbocycles. The highest BCUT2D eigenvalue weighted by atomic mass is 35.5. The number of anilines is 2. The predicted molar refractivity (Wildman–Crippen MR) is 164 cm³/mol. The highest BCUT2D eigenvalue weighted by Crippen LogP contribution is 2.37. The van der Waals surface area contributed by atoms with Gasteiger partial charge in [-0.05, 0) is 83.8 Å². The van der Waals surface area contributed by atoms with Gasteiger partial charge in [0.25, 0.3) is 5.91 Å². The number of aromatic carboxylic acids is 1. The number of carboxylic acids is 1. The molecule has 2 aliphatic rings. The Balaban J connectivity index is 1.37. The van der Waals surface area contributed by atoms with E-state index in [2.05, 4.69) is 25.8 Å². The highest BCUT2D eigenvalue weighted by molar-refractivity contribution is 6.31. The van der Waals surface area contributed by atoms with Crippen LogP contribution >= 0.6 is 11.6 Å². The number of nitrogens with zero attached hydrogens (tertiary/aromatic N) is 7. The smallest absolute Gasteiger partial charge is 0.335 e. The van der Waals surface area contributed by atoms with E-state index in [1.807, 2.05) is 0 Å². The molecule has 4 aromatic rings. The van der Waals surface area contributed by atoms with E-state index in [0.717, 1.165) is 18.9 Å². The van der Waals surface area contributed by atoms with E-state index in [1.165, 1.54) is 64.6 Å². The first kappa shape index (κ1) is 30.5. The van der Waals surface area contributed by atoms with Crippen molar-refractivity contribution in [2.24, 2.45) is 0 Å². The Morgan fingerprint density at radius 3 is 2.57 bits per heavy atom. The molecule has 2 aromatic carbocycles. The van der Waals surface area contributed by atoms with Crippen molar-refractivity contribution in [3.05, 3.63) is 94.2 Å². The van der Waals surface area contributed by atoms with Crippen LogP contribution in [0, 0.1) is 5.82 Å². The number of halogens is 2. The van der Waals surface area contributed by atoms with Gasteiger partial charge in [-0.3, -0.25) is 19.3 Å². The lowest BCUT2D eigenvalue weighted by molar-refractivity contribution is -0.135. The fourth-order valence-electron chi connectivity index (χ4n) is 5.66. The fraction of sp³-hybridized carbons (Fsp3) is 0.226. The van der Waals surface area contributed by atoms with Gasteiger partial charge in [0, 0.05) is 48.6 Å². The molecule has 13 nitrogen and oxygen atoms in total. The van der Waals surface area contributed by atoms with Gasteiger partial charge in [0.15, 0.2) is 5.82 Å². The topological polar surface area (TPSA) is 164 Å². The molecular formula is C31H26ClFN8O5. The van der Waals surface area contributed by atoms with Crippen LogP contribution in [0.25, 0.3) is 11.8 Å². The molecule has 2 aromatic heterocycles. The second kappa shape index (κ2) is 12.9. The average molecular weight is 645 g/mol. The number of carbonyl (C=O) groups excluding carboxylic acids is 3. The summed E-state index contributed by atoms with van der Waals surface area (Å²) in [4.78, 5) is 59.3. The average Bonchev–Trinajstić information content (AvgIpc) is 3.60. The minimum atomic E-state index is -1.16. The largest absolute Gasteiger partial charge is 0.478 e. The maximum atomic E-state index is 15.2. The molecule has 1 atom stereocenters. The van der Waals surface area contributed by atoms with E-state index < -0.39 is 29.6 Å². The third-order valence-electron chi connectivity index (χ3n) is 7.89. The zero-order valence-electron chi connectivity index (χ0n) is 24.1. The van der Waals surface area contributed by atoms with Gasteiger partial charge in [0.05, 0.1) is 16.3 Å². The van der Waals surface area contributed by atoms with Crippen LogP contribution in [0.5, 0.6) is 0 Å². The quantitative estimate of drug-likeness (QED) is 0.285. The van der Waals surface area contributed by atoms with Crippen LogP contribution in [0.1, 0.15) is 52.4 Å². The van der Waals surface area contributed by atoms with Crippen molar-refractivity contribution in [3.63, 3.8) is 0 Å². The molecule has 15 heteroatoms. The van der Waals surface area contributed by atoms with Gasteiger partial charge in [0.2, 0.25) is 11.8 Å². The van der Waals surface area contributed by atoms with Crippen LogP contribution in [0.3, 0.4) is 0 Å². The van der Waals surface area contributed by atoms with Crippen LogP contribution in [0.2, 0.25) is 5.02 Å². The fourth-order valence-corrected chi connectivity index (χ4v) is 5.83. The molecule has 2 N–H and O–H groups in total. The van der Waals surface area contributed by atoms with E-state index in [4.69, 9.17) is 11.6 Å². The summed E-state index contributed by atoms with van der Waals surface area (Å²) in [6, 6.07) is 8.93. The summed E-state index contributed by atoms with van der Waals surface area (Å²) in [7, 11) is 0. The van der Waals surface area contributed by atoms with E-state index >= 15 is 4.39 Å². The molecule has 1 saturated heterocycles. The van der Waals surface area contributed by atoms with E-state index in [1.54, 1.807) is 11.0 Å². The number of tetrazole rings is 1. The van der Waals surface area contributed by atoms with Gasteiger partial charge in [-0.15, -0.1) is 5.10 Å². The molecule has 1 fully saturated rings. The van der Waals surface area contributed by atoms with E-state index in [9.17, 15) is 24.3 Å². The van der Waals surface area contributed by atoms with Crippen molar-refractivity contribution in [3.8, 4) is 5.69 Å². The number of carboxylic acid groups (broad SMARTS) is 1. The number of rotatable bonds is 7. The summed E-state index contributed by atoms with van der Waals surface area (Å²) in [6.07, 6.45) is 7.46. The molecule has 0 spiro atoms. The first-order valence-electron chi connectivity index (χ1n) is 14.4. The lowest BCUT2D eigenvalue weighted by Crippen LogP contribution is -2.46. The van der Waals surface area contributed by atoms with Gasteiger partial charge < -0.3 is 15.3 Å². The summed E-state index contributed by atoms with van der Waals surface area (Å²) >= 11 is 6.04. The van der Waals surface area contributed by atoms with Crippen molar-refractivity contribution in [2.45, 2.75) is 31.7 Å². The zero-order valence-corrected chi connectivity index (χ0v) is 24.9. The van der Waals surface area contributed by atoms with Gasteiger partial charge in [-0.2, -0.15) is 4.68 Å². The van der Waals surface area contributed by atoms with Crippen LogP contribution in [0.15, 0.2) is 61.1 Å². The van der Waals surface area contributed by atoms with Gasteiger partial charge in [-0.25, -0.2) is 14.2 Å². The maximum Gasteiger partial charge on any atom is 0.335 e. The molecule has 6 rings (SSSR count). The number of carbonyl (C=O) groups is 4. The van der Waals surface area contributed by atoms with Gasteiger partial charge in [0.1, 0.15) is 18.2 Å². The van der Waals surface area contributed by atoms with Gasteiger partial charge >= 0.3 is 5.97 Å². The van der Waals surface area contributed by atoms with Crippen molar-refractivity contribution in [1.82, 2.24) is 30.1 Å². The number of fused-ring (bicyclic) bond motifs is 1. The summed E-state index contributed by atoms with van der Waals surface area (Å²) in [5.41, 5.74) is 1.71. The van der Waals surface area contributed by atoms with Crippen molar-refractivity contribution < 1.29 is 28.7 Å². The SMILES string of the molecule is O=C(O)c1ccc(NC(=O)C2c3ccnc(N4CCCCC4=O)c3CCN2C(=O)C=Cc2c(-n3cnnn3)ccc(Cl)c2F)cc1. The predicted octanol–water partition coefficient (Wildman–Crippen LogP) is 3.84. The molecule has 4 heterocycles. The first-order valence-corrected chi connectivity index (χ1v) is 14.7. The first-order chi connectivity index (χ1) is 22.2. The third kappa shape index (κ3) is 5.94. The highest BCUT2D eigenvalue weighted by Gasteiger charge is 2.38. The van der Waals surface area contributed by atoms with Crippen LogP contribution < -0.4 is 10.2 Å². The number of hydrogen-bond donors (Lipinski definition) is 2. The standard InChI is InChI=1S/C31H26ClFN8O5/c32-23-9-10-24(41-17-35-37-38-41)22(27(23)33)8-11-26(43)39-16-13-21-20(12-14-34-29(21)40-15-2-1-3-25(40)42)28(39)30(44)36-19-6-4-18(5-7-19)31(45)46/h4-12,14,17,28H,1-3,13,15-16H2,(H,36,44)(H,45,46). The summed E-state index contributed by atoms with van der Waals surface area (Å²) in [5, 5.41) is 22.8. The van der Waals surface area contributed by atoms with E-state index in [0.29, 0.717) is 42.0 Å². The zero-order chi connectivity index (χ0) is 32.4. The van der Waals surface area contributed by atoms with Crippen LogP contribution in [0.4, 0.5) is 15.9 Å². The number of benzene rings is 2. The van der Waals surface area contributed by atoms with Crippen molar-refractivity contribution in [1.29, 1.82) is 0 Å². The number of amides is 3. The lowest BCUT2D eigenvalue weighted by Gasteiger charge is -2.38. The third-order valence-corrected chi connectivity index (χ3v) is 8.18. The minimum Gasteiger partial charge on any atom is -0.478 e. The molecular weight excluding hydrogens is 619 g/mol. The summed E-state index contributed by atoms with van der Waals surface area (Å²) in [6.45, 7) is 0.583. The Bertz CT molecular complexity index is 1870. The number of pyridine rings is 1. The number of piperidine rings is 1. The number of nitrogens with one attached hydrogen (secondary N) is 1. The Labute approximate surface area is 266 Å². The molecule has 3 amide bonds. The normalized spacial score (nSPS) is 16.4. The Hall–Kier alpha value is -5.50. The van der Waals surface area contributed by atoms with Crippen LogP contribution in [-0.2, 0) is 20.8 Å². The Morgan fingerprint density at radius 1 is 1.04 bits per heavy atom. The van der Waals surface area contributed by atoms with Crippen molar-refractivity contribution in [2.75, 3.05) is 23.3 Å². The molecule has 1 unspecified atom stereocenters. The number of hydrogen-bond acceptors (Lipinski definition) is 8.